The van der Waals surface area contributed by atoms with Gasteiger partial charge in [0.25, 0.3) is 11.8 Å². The molecule has 2 heterocycles. The minimum atomic E-state index is -0.949. The van der Waals surface area contributed by atoms with Crippen LogP contribution in [0.3, 0.4) is 0 Å². The van der Waals surface area contributed by atoms with E-state index in [1.165, 1.54) is 11.2 Å². The van der Waals surface area contributed by atoms with Gasteiger partial charge in [-0.1, -0.05) is 43.3 Å². The van der Waals surface area contributed by atoms with E-state index in [1.54, 1.807) is 17.5 Å². The Hall–Kier alpha value is -3.00. The van der Waals surface area contributed by atoms with Crippen molar-refractivity contribution in [2.75, 3.05) is 4.90 Å². The summed E-state index contributed by atoms with van der Waals surface area (Å²) >= 11 is 1.10. The third kappa shape index (κ3) is 4.69. The van der Waals surface area contributed by atoms with E-state index in [-0.39, 0.29) is 17.6 Å². The van der Waals surface area contributed by atoms with Crippen molar-refractivity contribution < 1.29 is 14.0 Å². The number of rotatable bonds is 7. The maximum Gasteiger partial charge on any atom is 0.280 e. The molecule has 0 unspecified atom stereocenters. The van der Waals surface area contributed by atoms with Crippen LogP contribution < -0.4 is 10.2 Å². The van der Waals surface area contributed by atoms with Crippen LogP contribution in [0.25, 0.3) is 0 Å². The minimum Gasteiger partial charge on any atom is -0.467 e. The highest BCUT2D eigenvalue weighted by Crippen LogP contribution is 2.32. The van der Waals surface area contributed by atoms with Gasteiger partial charge in [0.05, 0.1) is 6.26 Å². The maximum absolute atomic E-state index is 13.5. The van der Waals surface area contributed by atoms with Crippen LogP contribution in [0.5, 0.6) is 0 Å². The third-order valence-electron chi connectivity index (χ3n) is 5.66. The second-order valence-corrected chi connectivity index (χ2v) is 8.73. The third-order valence-corrected chi connectivity index (χ3v) is 6.16. The molecule has 31 heavy (non-hydrogen) atoms. The Morgan fingerprint density at radius 3 is 2.48 bits per heavy atom. The first-order chi connectivity index (χ1) is 15.0. The molecule has 1 aliphatic rings. The molecular formula is C23H26N4O3S. The molecule has 4 rings (SSSR count). The number of nitrogens with one attached hydrogen (secondary N) is 1. The average Bonchev–Trinajstić information content (AvgIpc) is 3.55. The Balaban J connectivity index is 1.75. The number of nitrogens with zero attached hydrogens (tertiary/aromatic N) is 3. The summed E-state index contributed by atoms with van der Waals surface area (Å²) in [5, 5.41) is 8.66. The Kier molecular flexibility index (Phi) is 6.46. The fraction of sp³-hybridized carbons (Fsp3) is 0.391. The number of hydrogen-bond donors (Lipinski definition) is 1. The lowest BCUT2D eigenvalue weighted by Crippen LogP contribution is -2.46. The van der Waals surface area contributed by atoms with E-state index >= 15 is 0 Å². The van der Waals surface area contributed by atoms with Gasteiger partial charge in [0.2, 0.25) is 0 Å². The van der Waals surface area contributed by atoms with Crippen molar-refractivity contribution in [3.8, 4) is 0 Å². The summed E-state index contributed by atoms with van der Waals surface area (Å²) in [5.74, 6) is 0.104. The van der Waals surface area contributed by atoms with Gasteiger partial charge in [0.1, 0.15) is 5.76 Å². The number of amides is 2. The van der Waals surface area contributed by atoms with Crippen LogP contribution in [0.4, 0.5) is 5.69 Å². The Morgan fingerprint density at radius 1 is 1.16 bits per heavy atom. The quantitative estimate of drug-likeness (QED) is 0.578. The van der Waals surface area contributed by atoms with Gasteiger partial charge < -0.3 is 9.73 Å². The van der Waals surface area contributed by atoms with Crippen molar-refractivity contribution in [1.82, 2.24) is 14.9 Å². The van der Waals surface area contributed by atoms with Gasteiger partial charge in [-0.25, -0.2) is 0 Å². The largest absolute Gasteiger partial charge is 0.467 e. The second-order valence-electron chi connectivity index (χ2n) is 8.12. The van der Waals surface area contributed by atoms with Gasteiger partial charge in [0.15, 0.2) is 11.7 Å². The van der Waals surface area contributed by atoms with Gasteiger partial charge in [-0.3, -0.25) is 14.5 Å². The van der Waals surface area contributed by atoms with E-state index in [4.69, 9.17) is 4.42 Å². The van der Waals surface area contributed by atoms with Crippen LogP contribution >= 0.6 is 11.5 Å². The minimum absolute atomic E-state index is 0.117. The predicted molar refractivity (Wildman–Crippen MR) is 119 cm³/mol. The normalized spacial score (nSPS) is 15.2. The van der Waals surface area contributed by atoms with Crippen molar-refractivity contribution in [2.24, 2.45) is 0 Å². The number of anilines is 1. The zero-order chi connectivity index (χ0) is 21.8. The first kappa shape index (κ1) is 21.2. The van der Waals surface area contributed by atoms with Crippen LogP contribution in [0.2, 0.25) is 0 Å². The highest BCUT2D eigenvalue weighted by atomic mass is 32.1. The molecule has 0 spiro atoms. The van der Waals surface area contributed by atoms with Crippen molar-refractivity contribution in [1.29, 1.82) is 0 Å². The van der Waals surface area contributed by atoms with E-state index in [1.807, 2.05) is 24.3 Å². The Labute approximate surface area is 185 Å². The molecule has 1 aliphatic carbocycles. The summed E-state index contributed by atoms with van der Waals surface area (Å²) in [6.45, 7) is 4.22. The number of carbonyl (C=O) groups is 2. The number of hydrogen-bond acceptors (Lipinski definition) is 6. The fourth-order valence-corrected chi connectivity index (χ4v) is 4.39. The first-order valence-electron chi connectivity index (χ1n) is 10.6. The summed E-state index contributed by atoms with van der Waals surface area (Å²) in [6.07, 6.45) is 5.60. The number of carbonyl (C=O) groups excluding carboxylic acids is 2. The fourth-order valence-electron chi connectivity index (χ4n) is 3.96. The second kappa shape index (κ2) is 9.43. The van der Waals surface area contributed by atoms with E-state index in [9.17, 15) is 9.59 Å². The summed E-state index contributed by atoms with van der Waals surface area (Å²) < 4.78 is 9.45. The lowest BCUT2D eigenvalue weighted by molar-refractivity contribution is -0.123. The zero-order valence-electron chi connectivity index (χ0n) is 17.7. The number of furan rings is 1. The van der Waals surface area contributed by atoms with Crippen LogP contribution in [-0.2, 0) is 4.79 Å². The lowest BCUT2D eigenvalue weighted by atomic mass is 10.0. The van der Waals surface area contributed by atoms with Gasteiger partial charge in [-0.05, 0) is 60.1 Å². The first-order valence-corrected chi connectivity index (χ1v) is 11.4. The van der Waals surface area contributed by atoms with Gasteiger partial charge in [-0.15, -0.1) is 5.10 Å². The Bertz CT molecular complexity index is 994. The molecule has 7 nitrogen and oxygen atoms in total. The van der Waals surface area contributed by atoms with Gasteiger partial charge in [-0.2, -0.15) is 0 Å². The maximum atomic E-state index is 13.5. The van der Waals surface area contributed by atoms with Crippen LogP contribution in [0, 0.1) is 0 Å². The predicted octanol–water partition coefficient (Wildman–Crippen LogP) is 4.70. The zero-order valence-corrected chi connectivity index (χ0v) is 18.5. The summed E-state index contributed by atoms with van der Waals surface area (Å²) in [6, 6.07) is 10.3. The Morgan fingerprint density at radius 2 is 1.90 bits per heavy atom. The SMILES string of the molecule is CC(C)c1ccc(N(C(=O)c2csnn2)[C@@H](C(=O)NC2CCCC2)c2ccco2)cc1. The van der Waals surface area contributed by atoms with E-state index in [0.717, 1.165) is 42.8 Å². The molecule has 3 aromatic rings. The topological polar surface area (TPSA) is 88.3 Å². The van der Waals surface area contributed by atoms with Gasteiger partial charge >= 0.3 is 0 Å². The van der Waals surface area contributed by atoms with Crippen molar-refractivity contribution in [2.45, 2.75) is 57.5 Å². The van der Waals surface area contributed by atoms with Crippen molar-refractivity contribution in [3.63, 3.8) is 0 Å². The highest BCUT2D eigenvalue weighted by molar-refractivity contribution is 7.03. The molecular weight excluding hydrogens is 412 g/mol. The summed E-state index contributed by atoms with van der Waals surface area (Å²) in [4.78, 5) is 28.4. The molecule has 1 saturated carbocycles. The van der Waals surface area contributed by atoms with E-state index < -0.39 is 11.9 Å². The molecule has 8 heteroatoms. The molecule has 2 aromatic heterocycles. The smallest absolute Gasteiger partial charge is 0.280 e. The summed E-state index contributed by atoms with van der Waals surface area (Å²) in [7, 11) is 0. The lowest BCUT2D eigenvalue weighted by Gasteiger charge is -2.30. The molecule has 0 bridgehead atoms. The van der Waals surface area contributed by atoms with Crippen LogP contribution in [0.1, 0.15) is 73.3 Å². The van der Waals surface area contributed by atoms with Crippen molar-refractivity contribution in [3.05, 3.63) is 65.1 Å². The number of benzene rings is 1. The molecule has 0 radical (unpaired) electrons. The molecule has 1 fully saturated rings. The molecule has 1 aromatic carbocycles. The standard InChI is InChI=1S/C23H26N4O3S/c1-15(2)16-9-11-18(12-10-16)27(23(29)19-14-31-26-25-19)21(20-8-5-13-30-20)22(28)24-17-6-3-4-7-17/h5,8-15,17,21H,3-4,6-7H2,1-2H3,(H,24,28)/t21-/m1/s1. The average molecular weight is 439 g/mol. The molecule has 162 valence electrons. The molecule has 0 aliphatic heterocycles. The van der Waals surface area contributed by atoms with E-state index in [0.29, 0.717) is 17.4 Å². The molecule has 2 amide bonds. The van der Waals surface area contributed by atoms with Crippen LogP contribution in [0.15, 0.2) is 52.5 Å². The summed E-state index contributed by atoms with van der Waals surface area (Å²) in [5.41, 5.74) is 1.95. The number of aromatic nitrogens is 2. The van der Waals surface area contributed by atoms with Crippen LogP contribution in [-0.4, -0.2) is 27.4 Å². The molecule has 1 atom stereocenters. The van der Waals surface area contributed by atoms with Crippen molar-refractivity contribution >= 4 is 29.0 Å². The molecule has 1 N–H and O–H groups in total. The monoisotopic (exact) mass is 438 g/mol. The highest BCUT2D eigenvalue weighted by Gasteiger charge is 2.37. The van der Waals surface area contributed by atoms with E-state index in [2.05, 4.69) is 28.8 Å². The van der Waals surface area contributed by atoms with Gasteiger partial charge in [0, 0.05) is 17.1 Å². The molecule has 0 saturated heterocycles.